The Morgan fingerprint density at radius 1 is 1.24 bits per heavy atom. The second-order valence-electron chi connectivity index (χ2n) is 6.30. The highest BCUT2D eigenvalue weighted by Crippen LogP contribution is 2.30. The molecule has 0 amide bonds. The lowest BCUT2D eigenvalue weighted by Gasteiger charge is -2.32. The zero-order valence-corrected chi connectivity index (χ0v) is 16.1. The van der Waals surface area contributed by atoms with Crippen LogP contribution in [-0.2, 0) is 10.0 Å². The molecule has 1 unspecified atom stereocenters. The molecule has 2 heterocycles. The first-order chi connectivity index (χ1) is 11.4. The van der Waals surface area contributed by atoms with Crippen molar-refractivity contribution in [3.63, 3.8) is 0 Å². The Morgan fingerprint density at radius 2 is 1.92 bits per heavy atom. The molecule has 6 nitrogen and oxygen atoms in total. The first-order valence-electron chi connectivity index (χ1n) is 8.23. The van der Waals surface area contributed by atoms with Crippen LogP contribution in [0.2, 0.25) is 0 Å². The Labute approximate surface area is 154 Å². The summed E-state index contributed by atoms with van der Waals surface area (Å²) in [7, 11) is -2.33. The van der Waals surface area contributed by atoms with E-state index >= 15 is 0 Å². The van der Waals surface area contributed by atoms with Crippen molar-refractivity contribution in [1.82, 2.24) is 14.5 Å². The van der Waals surface area contributed by atoms with Crippen molar-refractivity contribution >= 4 is 22.4 Å². The molecule has 0 aromatic heterocycles. The van der Waals surface area contributed by atoms with Crippen LogP contribution in [0.5, 0.6) is 5.75 Å². The van der Waals surface area contributed by atoms with Crippen LogP contribution >= 0.6 is 12.4 Å². The van der Waals surface area contributed by atoms with Gasteiger partial charge in [0.25, 0.3) is 0 Å². The minimum Gasteiger partial charge on any atom is -0.494 e. The second kappa shape index (κ2) is 8.18. The molecule has 1 atom stereocenters. The van der Waals surface area contributed by atoms with E-state index in [0.717, 1.165) is 32.6 Å². The molecule has 2 saturated heterocycles. The fourth-order valence-electron chi connectivity index (χ4n) is 3.49. The van der Waals surface area contributed by atoms with Gasteiger partial charge in [-0.2, -0.15) is 4.31 Å². The number of hydrogen-bond acceptors (Lipinski definition) is 5. The number of nitrogens with one attached hydrogen (secondary N) is 1. The molecule has 3 rings (SSSR count). The van der Waals surface area contributed by atoms with Gasteiger partial charge in [-0.3, -0.25) is 4.90 Å². The first-order valence-corrected chi connectivity index (χ1v) is 9.67. The minimum absolute atomic E-state index is 0. The number of rotatable bonds is 4. The van der Waals surface area contributed by atoms with Gasteiger partial charge < -0.3 is 10.1 Å². The summed E-state index contributed by atoms with van der Waals surface area (Å²) in [4.78, 5) is 2.37. The van der Waals surface area contributed by atoms with Crippen LogP contribution in [0.25, 0.3) is 0 Å². The summed E-state index contributed by atoms with van der Waals surface area (Å²) in [5.74, 6) is -0.553. The van der Waals surface area contributed by atoms with Gasteiger partial charge in [0.1, 0.15) is 0 Å². The smallest absolute Gasteiger partial charge is 0.243 e. The van der Waals surface area contributed by atoms with Crippen molar-refractivity contribution in [1.29, 1.82) is 0 Å². The lowest BCUT2D eigenvalue weighted by atomic mass is 10.2. The number of piperazine rings is 1. The summed E-state index contributed by atoms with van der Waals surface area (Å²) in [5, 5.41) is 3.30. The third-order valence-corrected chi connectivity index (χ3v) is 6.94. The third-order valence-electron chi connectivity index (χ3n) is 4.93. The second-order valence-corrected chi connectivity index (χ2v) is 8.20. The maximum atomic E-state index is 14.2. The van der Waals surface area contributed by atoms with Crippen molar-refractivity contribution < 1.29 is 17.5 Å². The van der Waals surface area contributed by atoms with E-state index < -0.39 is 15.8 Å². The Kier molecular flexibility index (Phi) is 6.67. The fourth-order valence-corrected chi connectivity index (χ4v) is 5.20. The van der Waals surface area contributed by atoms with Gasteiger partial charge in [0.05, 0.1) is 12.0 Å². The van der Waals surface area contributed by atoms with Crippen LogP contribution < -0.4 is 10.1 Å². The molecule has 1 aromatic carbocycles. The summed E-state index contributed by atoms with van der Waals surface area (Å²) in [6.45, 7) is 6.18. The number of methoxy groups -OCH3 is 1. The largest absolute Gasteiger partial charge is 0.494 e. The van der Waals surface area contributed by atoms with Crippen LogP contribution in [-0.4, -0.2) is 70.0 Å². The molecular formula is C16H25ClFN3O3S. The average Bonchev–Trinajstić information content (AvgIpc) is 3.09. The molecule has 25 heavy (non-hydrogen) atoms. The van der Waals surface area contributed by atoms with Crippen molar-refractivity contribution in [2.24, 2.45) is 0 Å². The summed E-state index contributed by atoms with van der Waals surface area (Å²) >= 11 is 0. The van der Waals surface area contributed by atoms with Crippen LogP contribution in [0.1, 0.15) is 12.0 Å². The van der Waals surface area contributed by atoms with E-state index in [1.807, 2.05) is 0 Å². The van der Waals surface area contributed by atoms with Crippen molar-refractivity contribution in [3.05, 3.63) is 23.5 Å². The number of benzene rings is 1. The van der Waals surface area contributed by atoms with E-state index in [0.29, 0.717) is 13.1 Å². The highest BCUT2D eigenvalue weighted by atomic mass is 35.5. The van der Waals surface area contributed by atoms with Crippen molar-refractivity contribution in [3.8, 4) is 5.75 Å². The minimum atomic E-state index is -3.69. The van der Waals surface area contributed by atoms with E-state index in [1.165, 1.54) is 30.5 Å². The lowest BCUT2D eigenvalue weighted by molar-refractivity contribution is 0.179. The van der Waals surface area contributed by atoms with E-state index in [4.69, 9.17) is 4.74 Å². The first kappa shape index (κ1) is 20.4. The number of ether oxygens (including phenoxy) is 1. The van der Waals surface area contributed by atoms with Gasteiger partial charge in [-0.15, -0.1) is 12.4 Å². The molecule has 0 spiro atoms. The standard InChI is InChI=1S/C16H24FN3O3S.ClH/c1-12-15(4-3-14(23-2)16(12)17)24(21,22)20-8-5-13(11-20)19-9-6-18-7-10-19;/h3-4,13,18H,5-11H2,1-2H3;1H. The molecule has 0 bridgehead atoms. The molecular weight excluding hydrogens is 369 g/mol. The van der Waals surface area contributed by atoms with E-state index in [-0.39, 0.29) is 34.7 Å². The van der Waals surface area contributed by atoms with Crippen molar-refractivity contribution in [2.75, 3.05) is 46.4 Å². The highest BCUT2D eigenvalue weighted by molar-refractivity contribution is 7.89. The van der Waals surface area contributed by atoms with Gasteiger partial charge in [-0.25, -0.2) is 12.8 Å². The average molecular weight is 394 g/mol. The lowest BCUT2D eigenvalue weighted by Crippen LogP contribution is -2.49. The van der Waals surface area contributed by atoms with Crippen molar-refractivity contribution in [2.45, 2.75) is 24.3 Å². The summed E-state index contributed by atoms with van der Waals surface area (Å²) in [6, 6.07) is 3.05. The Bertz CT molecular complexity index is 711. The van der Waals surface area contributed by atoms with E-state index in [2.05, 4.69) is 10.2 Å². The van der Waals surface area contributed by atoms with Crippen LogP contribution in [0.15, 0.2) is 17.0 Å². The number of nitrogens with zero attached hydrogens (tertiary/aromatic N) is 2. The molecule has 1 aromatic rings. The molecule has 2 aliphatic rings. The van der Waals surface area contributed by atoms with Crippen LogP contribution in [0.4, 0.5) is 4.39 Å². The zero-order chi connectivity index (χ0) is 17.3. The third kappa shape index (κ3) is 3.93. The summed E-state index contributed by atoms with van der Waals surface area (Å²) in [5.41, 5.74) is 0.111. The molecule has 2 fully saturated rings. The van der Waals surface area contributed by atoms with E-state index in [1.54, 1.807) is 0 Å². The molecule has 1 N–H and O–H groups in total. The normalized spacial score (nSPS) is 22.6. The predicted molar refractivity (Wildman–Crippen MR) is 96.5 cm³/mol. The zero-order valence-electron chi connectivity index (χ0n) is 14.5. The summed E-state index contributed by atoms with van der Waals surface area (Å²) in [6.07, 6.45) is 0.816. The molecule has 9 heteroatoms. The topological polar surface area (TPSA) is 61.9 Å². The number of sulfonamides is 1. The maximum Gasteiger partial charge on any atom is 0.243 e. The van der Waals surface area contributed by atoms with Gasteiger partial charge in [-0.1, -0.05) is 0 Å². The van der Waals surface area contributed by atoms with Gasteiger partial charge in [0.2, 0.25) is 10.0 Å². The monoisotopic (exact) mass is 393 g/mol. The number of halogens is 2. The predicted octanol–water partition coefficient (Wildman–Crippen LogP) is 1.23. The quantitative estimate of drug-likeness (QED) is 0.833. The van der Waals surface area contributed by atoms with Gasteiger partial charge >= 0.3 is 0 Å². The maximum absolute atomic E-state index is 14.2. The van der Waals surface area contributed by atoms with Gasteiger partial charge in [0.15, 0.2) is 11.6 Å². The SMILES string of the molecule is COc1ccc(S(=O)(=O)N2CCC(N3CCNCC3)C2)c(C)c1F.Cl. The Hall–Kier alpha value is -0.930. The van der Waals surface area contributed by atoms with E-state index in [9.17, 15) is 12.8 Å². The Balaban J connectivity index is 0.00000225. The number of hydrogen-bond donors (Lipinski definition) is 1. The van der Waals surface area contributed by atoms with Crippen LogP contribution in [0.3, 0.4) is 0 Å². The Morgan fingerprint density at radius 3 is 2.56 bits per heavy atom. The molecule has 0 radical (unpaired) electrons. The van der Waals surface area contributed by atoms with Gasteiger partial charge in [-0.05, 0) is 25.5 Å². The highest BCUT2D eigenvalue weighted by Gasteiger charge is 2.36. The summed E-state index contributed by atoms with van der Waals surface area (Å²) < 4.78 is 46.5. The molecule has 142 valence electrons. The molecule has 0 aliphatic carbocycles. The van der Waals surface area contributed by atoms with Crippen LogP contribution in [0, 0.1) is 12.7 Å². The van der Waals surface area contributed by atoms with Gasteiger partial charge in [0, 0.05) is 50.9 Å². The fraction of sp³-hybridized carbons (Fsp3) is 0.625. The molecule has 0 saturated carbocycles. The molecule has 2 aliphatic heterocycles.